The van der Waals surface area contributed by atoms with E-state index in [2.05, 4.69) is 21.8 Å². The summed E-state index contributed by atoms with van der Waals surface area (Å²) in [4.78, 5) is 28.2. The van der Waals surface area contributed by atoms with Crippen molar-refractivity contribution in [3.05, 3.63) is 65.7 Å². The minimum absolute atomic E-state index is 0.0948. The van der Waals surface area contributed by atoms with Crippen molar-refractivity contribution in [2.45, 2.75) is 19.5 Å². The van der Waals surface area contributed by atoms with Gasteiger partial charge in [-0.3, -0.25) is 9.69 Å². The molecule has 2 heterocycles. The molecule has 2 aliphatic heterocycles. The van der Waals surface area contributed by atoms with Crippen LogP contribution in [0, 0.1) is 11.8 Å². The number of fused-ring (bicyclic) bond motifs is 1. The highest BCUT2D eigenvalue weighted by molar-refractivity contribution is 5.74. The molecule has 3 atom stereocenters. The van der Waals surface area contributed by atoms with Crippen LogP contribution in [0.4, 0.5) is 0 Å². The van der Waals surface area contributed by atoms with Gasteiger partial charge in [0.15, 0.2) is 6.61 Å². The van der Waals surface area contributed by atoms with E-state index in [-0.39, 0.29) is 18.6 Å². The van der Waals surface area contributed by atoms with Crippen molar-refractivity contribution in [2.75, 3.05) is 33.4 Å². The lowest BCUT2D eigenvalue weighted by Gasteiger charge is -2.29. The maximum absolute atomic E-state index is 12.3. The summed E-state index contributed by atoms with van der Waals surface area (Å²) in [5.74, 6) is 1.34. The fourth-order valence-electron chi connectivity index (χ4n) is 4.88. The van der Waals surface area contributed by atoms with Gasteiger partial charge < -0.3 is 14.4 Å². The zero-order chi connectivity index (χ0) is 21.1. The number of methoxy groups -OCH3 is 1. The Morgan fingerprint density at radius 2 is 1.73 bits per heavy atom. The molecule has 2 saturated heterocycles. The van der Waals surface area contributed by atoms with Crippen molar-refractivity contribution in [3.63, 3.8) is 0 Å². The van der Waals surface area contributed by atoms with Crippen LogP contribution in [0.1, 0.15) is 24.1 Å². The summed E-state index contributed by atoms with van der Waals surface area (Å²) in [6.45, 7) is 5.01. The second-order valence-corrected chi connectivity index (χ2v) is 8.12. The van der Waals surface area contributed by atoms with Crippen molar-refractivity contribution in [3.8, 4) is 5.75 Å². The summed E-state index contributed by atoms with van der Waals surface area (Å²) in [6.07, 6.45) is 0. The number of esters is 1. The largest absolute Gasteiger partial charge is 0.482 e. The number of nitrogens with zero attached hydrogens (tertiary/aromatic N) is 2. The average molecular weight is 408 g/mol. The topological polar surface area (TPSA) is 59.1 Å². The summed E-state index contributed by atoms with van der Waals surface area (Å²) in [7, 11) is 1.36. The summed E-state index contributed by atoms with van der Waals surface area (Å²) in [5, 5.41) is 0. The van der Waals surface area contributed by atoms with Crippen molar-refractivity contribution in [1.29, 1.82) is 0 Å². The minimum Gasteiger partial charge on any atom is -0.482 e. The van der Waals surface area contributed by atoms with E-state index in [1.807, 2.05) is 47.4 Å². The first-order valence-corrected chi connectivity index (χ1v) is 10.4. The fraction of sp³-hybridized carbons (Fsp3) is 0.417. The lowest BCUT2D eigenvalue weighted by atomic mass is 9.89. The Morgan fingerprint density at radius 3 is 2.47 bits per heavy atom. The Kier molecular flexibility index (Phi) is 6.04. The Bertz CT molecular complexity index is 901. The normalized spacial score (nSPS) is 23.3. The number of amides is 1. The molecule has 6 heteroatoms. The average Bonchev–Trinajstić information content (AvgIpc) is 3.30. The number of ether oxygens (including phenoxy) is 2. The number of likely N-dealkylation sites (tertiary alicyclic amines) is 2. The molecular weight excluding hydrogens is 380 g/mol. The van der Waals surface area contributed by atoms with Crippen LogP contribution in [0.25, 0.3) is 0 Å². The third-order valence-electron chi connectivity index (χ3n) is 6.23. The van der Waals surface area contributed by atoms with E-state index in [1.165, 1.54) is 12.7 Å². The van der Waals surface area contributed by atoms with Gasteiger partial charge in [0.05, 0.1) is 13.2 Å². The number of hydrogen-bond acceptors (Lipinski definition) is 5. The Hall–Kier alpha value is -2.86. The van der Waals surface area contributed by atoms with E-state index in [0.29, 0.717) is 17.6 Å². The molecule has 0 aliphatic carbocycles. The lowest BCUT2D eigenvalue weighted by Crippen LogP contribution is -2.34. The van der Waals surface area contributed by atoms with Gasteiger partial charge in [0.1, 0.15) is 5.75 Å². The third-order valence-corrected chi connectivity index (χ3v) is 6.23. The Morgan fingerprint density at radius 1 is 1.00 bits per heavy atom. The molecule has 0 N–H and O–H groups in total. The molecule has 2 aromatic rings. The fourth-order valence-corrected chi connectivity index (χ4v) is 4.88. The van der Waals surface area contributed by atoms with Gasteiger partial charge in [-0.15, -0.1) is 0 Å². The van der Waals surface area contributed by atoms with Crippen molar-refractivity contribution >= 4 is 11.9 Å². The molecule has 2 aromatic carbocycles. The highest BCUT2D eigenvalue weighted by Crippen LogP contribution is 2.45. The summed E-state index contributed by atoms with van der Waals surface area (Å²) in [6, 6.07) is 18.3. The molecule has 0 unspecified atom stereocenters. The van der Waals surface area contributed by atoms with Gasteiger partial charge in [0.2, 0.25) is 5.91 Å². The van der Waals surface area contributed by atoms with Crippen LogP contribution in [0.2, 0.25) is 0 Å². The zero-order valence-corrected chi connectivity index (χ0v) is 17.5. The molecule has 0 saturated carbocycles. The molecule has 2 fully saturated rings. The predicted molar refractivity (Wildman–Crippen MR) is 113 cm³/mol. The molecule has 0 spiro atoms. The molecule has 1 amide bonds. The number of carbonyl (C=O) groups is 2. The number of hydrogen-bond donors (Lipinski definition) is 0. The predicted octanol–water partition coefficient (Wildman–Crippen LogP) is 2.89. The summed E-state index contributed by atoms with van der Waals surface area (Å²) in [5.41, 5.74) is 2.27. The maximum atomic E-state index is 12.3. The van der Waals surface area contributed by atoms with Crippen LogP contribution >= 0.6 is 0 Å². The van der Waals surface area contributed by atoms with Gasteiger partial charge in [0, 0.05) is 44.6 Å². The summed E-state index contributed by atoms with van der Waals surface area (Å²) >= 11 is 0. The molecule has 0 radical (unpaired) electrons. The lowest BCUT2D eigenvalue weighted by molar-refractivity contribution is -0.143. The first-order chi connectivity index (χ1) is 14.6. The van der Waals surface area contributed by atoms with E-state index >= 15 is 0 Å². The molecular formula is C24H28N2O4. The first-order valence-electron chi connectivity index (χ1n) is 10.4. The summed E-state index contributed by atoms with van der Waals surface area (Å²) < 4.78 is 10.4. The maximum Gasteiger partial charge on any atom is 0.343 e. The highest BCUT2D eigenvalue weighted by Gasteiger charge is 2.48. The van der Waals surface area contributed by atoms with Crippen LogP contribution in [0.15, 0.2) is 54.6 Å². The van der Waals surface area contributed by atoms with Gasteiger partial charge in [-0.05, 0) is 17.5 Å². The van der Waals surface area contributed by atoms with Crippen LogP contribution in [-0.4, -0.2) is 55.0 Å². The molecule has 6 nitrogen and oxygen atoms in total. The monoisotopic (exact) mass is 408 g/mol. The first kappa shape index (κ1) is 20.4. The number of rotatable bonds is 6. The standard InChI is InChI=1S/C24H28N2O4/c1-17(27)26-14-20-13-25(15-21(20)24(26)18-8-4-3-5-9-18)12-19-10-6-7-11-22(19)30-16-23(28)29-2/h3-11,20-21,24H,12-16H2,1-2H3/t20-,21-,24-/m1/s1. The highest BCUT2D eigenvalue weighted by atomic mass is 16.6. The van der Waals surface area contributed by atoms with E-state index in [9.17, 15) is 9.59 Å². The van der Waals surface area contributed by atoms with E-state index in [4.69, 9.17) is 4.74 Å². The molecule has 158 valence electrons. The third kappa shape index (κ3) is 4.19. The molecule has 2 aliphatic rings. The van der Waals surface area contributed by atoms with E-state index < -0.39 is 5.97 Å². The molecule has 0 aromatic heterocycles. The second kappa shape index (κ2) is 8.88. The van der Waals surface area contributed by atoms with Crippen LogP contribution < -0.4 is 4.74 Å². The SMILES string of the molecule is COC(=O)COc1ccccc1CN1C[C@@H]2CN(C(C)=O)[C@H](c3ccccc3)[C@@H]2C1. The van der Waals surface area contributed by atoms with E-state index in [0.717, 1.165) is 31.7 Å². The van der Waals surface area contributed by atoms with Gasteiger partial charge in [0.25, 0.3) is 0 Å². The molecule has 30 heavy (non-hydrogen) atoms. The second-order valence-electron chi connectivity index (χ2n) is 8.12. The van der Waals surface area contributed by atoms with Crippen LogP contribution in [0.5, 0.6) is 5.75 Å². The minimum atomic E-state index is -0.393. The molecule has 4 rings (SSSR count). The Balaban J connectivity index is 1.48. The van der Waals surface area contributed by atoms with Gasteiger partial charge in [-0.2, -0.15) is 0 Å². The van der Waals surface area contributed by atoms with E-state index in [1.54, 1.807) is 6.92 Å². The van der Waals surface area contributed by atoms with Crippen LogP contribution in [0.3, 0.4) is 0 Å². The van der Waals surface area contributed by atoms with Crippen molar-refractivity contribution < 1.29 is 19.1 Å². The Labute approximate surface area is 177 Å². The van der Waals surface area contributed by atoms with Crippen molar-refractivity contribution in [1.82, 2.24) is 9.80 Å². The van der Waals surface area contributed by atoms with Gasteiger partial charge in [-0.25, -0.2) is 4.79 Å². The van der Waals surface area contributed by atoms with Crippen LogP contribution in [-0.2, 0) is 20.9 Å². The number of carbonyl (C=O) groups excluding carboxylic acids is 2. The van der Waals surface area contributed by atoms with Gasteiger partial charge >= 0.3 is 5.97 Å². The molecule has 0 bridgehead atoms. The number of benzene rings is 2. The smallest absolute Gasteiger partial charge is 0.343 e. The van der Waals surface area contributed by atoms with Crippen molar-refractivity contribution in [2.24, 2.45) is 11.8 Å². The number of para-hydroxylation sites is 1. The zero-order valence-electron chi connectivity index (χ0n) is 17.5. The quantitative estimate of drug-likeness (QED) is 0.688. The van der Waals surface area contributed by atoms with Gasteiger partial charge in [-0.1, -0.05) is 48.5 Å².